The molecular weight excluding hydrogens is 330 g/mol. The number of morpholine rings is 1. The fourth-order valence-electron chi connectivity index (χ4n) is 3.50. The first-order chi connectivity index (χ1) is 12.5. The highest BCUT2D eigenvalue weighted by molar-refractivity contribution is 5.79. The van der Waals surface area contributed by atoms with Crippen LogP contribution < -0.4 is 10.6 Å². The van der Waals surface area contributed by atoms with Crippen molar-refractivity contribution in [2.24, 2.45) is 10.9 Å². The van der Waals surface area contributed by atoms with Crippen molar-refractivity contribution in [3.63, 3.8) is 0 Å². The number of aliphatic imine (C=N–C) groups is 1. The molecule has 2 rings (SSSR count). The van der Waals surface area contributed by atoms with E-state index in [1.165, 1.54) is 25.9 Å². The van der Waals surface area contributed by atoms with Crippen LogP contribution >= 0.6 is 0 Å². The van der Waals surface area contributed by atoms with Crippen molar-refractivity contribution < 1.29 is 9.84 Å². The average Bonchev–Trinajstić information content (AvgIpc) is 2.62. The summed E-state index contributed by atoms with van der Waals surface area (Å²) in [6.45, 7) is 15.7. The molecule has 0 aromatic rings. The molecule has 1 unspecified atom stereocenters. The van der Waals surface area contributed by atoms with Gasteiger partial charge in [-0.3, -0.25) is 9.89 Å². The minimum absolute atomic E-state index is 0.390. The van der Waals surface area contributed by atoms with Gasteiger partial charge in [0.05, 0.1) is 25.4 Å². The molecule has 0 aliphatic carbocycles. The zero-order chi connectivity index (χ0) is 18.8. The van der Waals surface area contributed by atoms with Gasteiger partial charge in [-0.25, -0.2) is 0 Å². The number of ether oxygens (including phenoxy) is 1. The van der Waals surface area contributed by atoms with E-state index in [2.05, 4.69) is 39.3 Å². The molecule has 0 aromatic heterocycles. The van der Waals surface area contributed by atoms with Crippen LogP contribution in [0.15, 0.2) is 4.99 Å². The van der Waals surface area contributed by atoms with Gasteiger partial charge in [0.2, 0.25) is 0 Å². The topological polar surface area (TPSA) is 72.4 Å². The number of nitrogens with one attached hydrogen (secondary N) is 2. The zero-order valence-corrected chi connectivity index (χ0v) is 17.0. The van der Waals surface area contributed by atoms with Crippen LogP contribution in [0.1, 0.15) is 33.6 Å². The molecule has 2 aliphatic rings. The maximum atomic E-state index is 10.7. The first-order valence-electron chi connectivity index (χ1n) is 10.3. The second-order valence-corrected chi connectivity index (χ2v) is 8.03. The quantitative estimate of drug-likeness (QED) is 0.424. The molecule has 2 saturated heterocycles. The Hall–Kier alpha value is -0.890. The van der Waals surface area contributed by atoms with Crippen LogP contribution in [0.3, 0.4) is 0 Å². The number of piperidine rings is 1. The molecule has 0 amide bonds. The van der Waals surface area contributed by atoms with Gasteiger partial charge in [-0.05, 0) is 45.7 Å². The van der Waals surface area contributed by atoms with Crippen LogP contribution in [0, 0.1) is 5.92 Å². The summed E-state index contributed by atoms with van der Waals surface area (Å²) in [6, 6.07) is 0. The molecule has 7 heteroatoms. The standard InChI is InChI=1S/C19H39N5O2/c1-4-20-18(21-7-10-23-8-5-17(2)6-9-23)22-15-19(3,25)16-24-11-13-26-14-12-24/h17,25H,4-16H2,1-3H3,(H2,20,21,22). The smallest absolute Gasteiger partial charge is 0.191 e. The third-order valence-electron chi connectivity index (χ3n) is 5.19. The van der Waals surface area contributed by atoms with E-state index in [0.717, 1.165) is 57.8 Å². The van der Waals surface area contributed by atoms with E-state index in [1.54, 1.807) is 0 Å². The molecule has 0 saturated carbocycles. The fourth-order valence-corrected chi connectivity index (χ4v) is 3.50. The molecule has 0 radical (unpaired) electrons. The number of nitrogens with zero attached hydrogens (tertiary/aromatic N) is 3. The molecule has 152 valence electrons. The normalized spacial score (nSPS) is 23.6. The Kier molecular flexibility index (Phi) is 9.11. The molecule has 0 spiro atoms. The van der Waals surface area contributed by atoms with Gasteiger partial charge in [0, 0.05) is 39.3 Å². The van der Waals surface area contributed by atoms with Crippen molar-refractivity contribution in [3.8, 4) is 0 Å². The molecule has 2 aliphatic heterocycles. The summed E-state index contributed by atoms with van der Waals surface area (Å²) in [5.74, 6) is 1.66. The third kappa shape index (κ3) is 8.20. The van der Waals surface area contributed by atoms with Gasteiger partial charge in [-0.15, -0.1) is 0 Å². The number of rotatable bonds is 8. The molecule has 3 N–H and O–H groups in total. The number of guanidine groups is 1. The van der Waals surface area contributed by atoms with Crippen molar-refractivity contribution in [1.29, 1.82) is 0 Å². The number of aliphatic hydroxyl groups is 1. The van der Waals surface area contributed by atoms with E-state index in [4.69, 9.17) is 4.74 Å². The Labute approximate surface area is 159 Å². The number of likely N-dealkylation sites (tertiary alicyclic amines) is 1. The maximum Gasteiger partial charge on any atom is 0.191 e. The Bertz CT molecular complexity index is 416. The average molecular weight is 370 g/mol. The van der Waals surface area contributed by atoms with E-state index in [1.807, 2.05) is 6.92 Å². The number of β-amino-alcohol motifs (C(OH)–C–C–N with tert-alkyl or cyclic N) is 1. The van der Waals surface area contributed by atoms with Crippen LogP contribution in [0.5, 0.6) is 0 Å². The Morgan fingerprint density at radius 1 is 1.15 bits per heavy atom. The van der Waals surface area contributed by atoms with Crippen LogP contribution in [0.4, 0.5) is 0 Å². The van der Waals surface area contributed by atoms with Crippen molar-refractivity contribution in [1.82, 2.24) is 20.4 Å². The Balaban J connectivity index is 1.73. The van der Waals surface area contributed by atoms with E-state index in [9.17, 15) is 5.11 Å². The third-order valence-corrected chi connectivity index (χ3v) is 5.19. The predicted octanol–water partition coefficient (Wildman–Crippen LogP) is 0.357. The van der Waals surface area contributed by atoms with Crippen molar-refractivity contribution in [2.75, 3.05) is 72.1 Å². The monoisotopic (exact) mass is 369 g/mol. The summed E-state index contributed by atoms with van der Waals surface area (Å²) in [5, 5.41) is 17.4. The van der Waals surface area contributed by atoms with Crippen molar-refractivity contribution in [2.45, 2.75) is 39.2 Å². The molecular formula is C19H39N5O2. The van der Waals surface area contributed by atoms with Crippen LogP contribution in [-0.2, 0) is 4.74 Å². The van der Waals surface area contributed by atoms with E-state index < -0.39 is 5.60 Å². The van der Waals surface area contributed by atoms with Crippen molar-refractivity contribution >= 4 is 5.96 Å². The summed E-state index contributed by atoms with van der Waals surface area (Å²) < 4.78 is 5.37. The number of hydrogen-bond acceptors (Lipinski definition) is 5. The predicted molar refractivity (Wildman–Crippen MR) is 107 cm³/mol. The van der Waals surface area contributed by atoms with Crippen LogP contribution in [0.2, 0.25) is 0 Å². The lowest BCUT2D eigenvalue weighted by Gasteiger charge is -2.33. The molecule has 0 aromatic carbocycles. The van der Waals surface area contributed by atoms with E-state index >= 15 is 0 Å². The molecule has 7 nitrogen and oxygen atoms in total. The van der Waals surface area contributed by atoms with Crippen LogP contribution in [0.25, 0.3) is 0 Å². The highest BCUT2D eigenvalue weighted by Crippen LogP contribution is 2.15. The van der Waals surface area contributed by atoms with Crippen LogP contribution in [-0.4, -0.2) is 98.6 Å². The summed E-state index contributed by atoms with van der Waals surface area (Å²) in [7, 11) is 0. The lowest BCUT2D eigenvalue weighted by Crippen LogP contribution is -2.48. The minimum Gasteiger partial charge on any atom is -0.387 e. The summed E-state index contributed by atoms with van der Waals surface area (Å²) in [6.07, 6.45) is 2.61. The van der Waals surface area contributed by atoms with Gasteiger partial charge in [0.1, 0.15) is 0 Å². The SMILES string of the molecule is CCNC(=NCC(C)(O)CN1CCOCC1)NCCN1CCC(C)CC1. The summed E-state index contributed by atoms with van der Waals surface area (Å²) in [5.41, 5.74) is -0.831. The largest absolute Gasteiger partial charge is 0.387 e. The Morgan fingerprint density at radius 3 is 2.50 bits per heavy atom. The van der Waals surface area contributed by atoms with E-state index in [0.29, 0.717) is 13.1 Å². The highest BCUT2D eigenvalue weighted by atomic mass is 16.5. The zero-order valence-electron chi connectivity index (χ0n) is 17.0. The summed E-state index contributed by atoms with van der Waals surface area (Å²) >= 11 is 0. The van der Waals surface area contributed by atoms with Gasteiger partial charge in [0.25, 0.3) is 0 Å². The van der Waals surface area contributed by atoms with E-state index in [-0.39, 0.29) is 0 Å². The lowest BCUT2D eigenvalue weighted by atomic mass is 9.99. The van der Waals surface area contributed by atoms with Crippen molar-refractivity contribution in [3.05, 3.63) is 0 Å². The maximum absolute atomic E-state index is 10.7. The first-order valence-corrected chi connectivity index (χ1v) is 10.3. The highest BCUT2D eigenvalue weighted by Gasteiger charge is 2.25. The minimum atomic E-state index is -0.831. The number of hydrogen-bond donors (Lipinski definition) is 3. The van der Waals surface area contributed by atoms with Gasteiger partial charge in [0.15, 0.2) is 5.96 Å². The molecule has 1 atom stereocenters. The Morgan fingerprint density at radius 2 is 1.85 bits per heavy atom. The second kappa shape index (κ2) is 11.1. The fraction of sp³-hybridized carbons (Fsp3) is 0.947. The van der Waals surface area contributed by atoms with Gasteiger partial charge >= 0.3 is 0 Å². The molecule has 2 fully saturated rings. The lowest BCUT2D eigenvalue weighted by molar-refractivity contribution is -0.0179. The van der Waals surface area contributed by atoms with Gasteiger partial charge < -0.3 is 25.4 Å². The van der Waals surface area contributed by atoms with Gasteiger partial charge in [-0.2, -0.15) is 0 Å². The summed E-state index contributed by atoms with van der Waals surface area (Å²) in [4.78, 5) is 9.38. The van der Waals surface area contributed by atoms with Gasteiger partial charge in [-0.1, -0.05) is 6.92 Å². The second-order valence-electron chi connectivity index (χ2n) is 8.03. The first kappa shape index (κ1) is 21.4. The molecule has 2 heterocycles. The molecule has 26 heavy (non-hydrogen) atoms. The molecule has 0 bridgehead atoms.